The summed E-state index contributed by atoms with van der Waals surface area (Å²) in [4.78, 5) is 0. The van der Waals surface area contributed by atoms with Crippen LogP contribution in [0.25, 0.3) is 10.8 Å². The van der Waals surface area contributed by atoms with Crippen LogP contribution in [-0.4, -0.2) is 12.6 Å². The number of nitrogens with one attached hydrogen (secondary N) is 1. The Labute approximate surface area is 146 Å². The second-order valence-electron chi connectivity index (χ2n) is 6.27. The predicted molar refractivity (Wildman–Crippen MR) is 101 cm³/mol. The van der Waals surface area contributed by atoms with Crippen LogP contribution in [0.15, 0.2) is 36.4 Å². The number of hydrogen-bond acceptors (Lipinski definition) is 2. The van der Waals surface area contributed by atoms with Gasteiger partial charge in [-0.3, -0.25) is 0 Å². The SMILES string of the molecule is CCOc1ccc2ccccc2c1CNC1CCCCCC1.Cl. The van der Waals surface area contributed by atoms with Gasteiger partial charge in [-0.2, -0.15) is 0 Å². The zero-order valence-electron chi connectivity index (χ0n) is 14.0. The Hall–Kier alpha value is -1.25. The molecule has 0 saturated heterocycles. The maximum atomic E-state index is 5.87. The molecule has 2 aromatic rings. The monoisotopic (exact) mass is 333 g/mol. The van der Waals surface area contributed by atoms with E-state index in [-0.39, 0.29) is 12.4 Å². The number of halogens is 1. The minimum atomic E-state index is 0. The summed E-state index contributed by atoms with van der Waals surface area (Å²) in [6.07, 6.45) is 8.16. The maximum absolute atomic E-state index is 5.87. The van der Waals surface area contributed by atoms with Crippen molar-refractivity contribution in [2.75, 3.05) is 6.61 Å². The van der Waals surface area contributed by atoms with E-state index in [9.17, 15) is 0 Å². The lowest BCUT2D eigenvalue weighted by molar-refractivity contribution is 0.334. The zero-order chi connectivity index (χ0) is 15.2. The van der Waals surface area contributed by atoms with E-state index in [0.29, 0.717) is 6.04 Å². The third-order valence-electron chi connectivity index (χ3n) is 4.72. The molecule has 0 spiro atoms. The molecule has 0 amide bonds. The Kier molecular flexibility index (Phi) is 7.19. The van der Waals surface area contributed by atoms with E-state index in [1.807, 2.05) is 0 Å². The van der Waals surface area contributed by atoms with Crippen molar-refractivity contribution >= 4 is 23.2 Å². The van der Waals surface area contributed by atoms with E-state index >= 15 is 0 Å². The molecule has 0 radical (unpaired) electrons. The summed E-state index contributed by atoms with van der Waals surface area (Å²) < 4.78 is 5.87. The molecule has 3 heteroatoms. The summed E-state index contributed by atoms with van der Waals surface area (Å²) in [6, 6.07) is 13.6. The van der Waals surface area contributed by atoms with Crippen LogP contribution in [-0.2, 0) is 6.54 Å². The van der Waals surface area contributed by atoms with Gasteiger partial charge in [-0.05, 0) is 36.6 Å². The van der Waals surface area contributed by atoms with Gasteiger partial charge in [0.15, 0.2) is 0 Å². The lowest BCUT2D eigenvalue weighted by Crippen LogP contribution is -2.28. The minimum absolute atomic E-state index is 0. The Morgan fingerprint density at radius 1 is 1.00 bits per heavy atom. The first kappa shape index (κ1) is 18.1. The molecule has 0 heterocycles. The van der Waals surface area contributed by atoms with E-state index in [2.05, 4.69) is 48.6 Å². The van der Waals surface area contributed by atoms with Crippen molar-refractivity contribution in [3.63, 3.8) is 0 Å². The molecule has 126 valence electrons. The number of benzene rings is 2. The summed E-state index contributed by atoms with van der Waals surface area (Å²) >= 11 is 0. The molecule has 0 aromatic heterocycles. The maximum Gasteiger partial charge on any atom is 0.124 e. The van der Waals surface area contributed by atoms with Gasteiger partial charge < -0.3 is 10.1 Å². The van der Waals surface area contributed by atoms with Gasteiger partial charge in [0, 0.05) is 18.2 Å². The highest BCUT2D eigenvalue weighted by atomic mass is 35.5. The molecule has 1 saturated carbocycles. The molecule has 1 fully saturated rings. The van der Waals surface area contributed by atoms with Crippen LogP contribution in [0.2, 0.25) is 0 Å². The van der Waals surface area contributed by atoms with Gasteiger partial charge in [-0.1, -0.05) is 56.0 Å². The van der Waals surface area contributed by atoms with Gasteiger partial charge in [-0.25, -0.2) is 0 Å². The molecule has 2 aromatic carbocycles. The molecule has 1 aliphatic rings. The summed E-state index contributed by atoms with van der Waals surface area (Å²) in [7, 11) is 0. The van der Waals surface area contributed by atoms with Crippen molar-refractivity contribution in [3.05, 3.63) is 42.0 Å². The topological polar surface area (TPSA) is 21.3 Å². The number of rotatable bonds is 5. The average Bonchev–Trinajstić information content (AvgIpc) is 2.83. The summed E-state index contributed by atoms with van der Waals surface area (Å²) in [5.41, 5.74) is 1.31. The van der Waals surface area contributed by atoms with Gasteiger partial charge in [-0.15, -0.1) is 12.4 Å². The van der Waals surface area contributed by atoms with Gasteiger partial charge in [0.05, 0.1) is 6.61 Å². The van der Waals surface area contributed by atoms with Gasteiger partial charge >= 0.3 is 0 Å². The van der Waals surface area contributed by atoms with Gasteiger partial charge in [0.25, 0.3) is 0 Å². The van der Waals surface area contributed by atoms with Crippen LogP contribution in [0.4, 0.5) is 0 Å². The third-order valence-corrected chi connectivity index (χ3v) is 4.72. The van der Waals surface area contributed by atoms with Gasteiger partial charge in [0.2, 0.25) is 0 Å². The number of hydrogen-bond donors (Lipinski definition) is 1. The predicted octanol–water partition coefficient (Wildman–Crippen LogP) is 5.47. The molecule has 3 rings (SSSR count). The molecule has 1 aliphatic carbocycles. The van der Waals surface area contributed by atoms with E-state index in [1.165, 1.54) is 54.9 Å². The Balaban J connectivity index is 0.00000192. The molecular formula is C20H28ClNO. The summed E-state index contributed by atoms with van der Waals surface area (Å²) in [6.45, 7) is 3.67. The number of fused-ring (bicyclic) bond motifs is 1. The smallest absolute Gasteiger partial charge is 0.124 e. The largest absolute Gasteiger partial charge is 0.494 e. The minimum Gasteiger partial charge on any atom is -0.494 e. The lowest BCUT2D eigenvalue weighted by atomic mass is 10.0. The fraction of sp³-hybridized carbons (Fsp3) is 0.500. The van der Waals surface area contributed by atoms with Crippen molar-refractivity contribution in [2.24, 2.45) is 0 Å². The van der Waals surface area contributed by atoms with Crippen LogP contribution >= 0.6 is 12.4 Å². The highest BCUT2D eigenvalue weighted by Crippen LogP contribution is 2.28. The van der Waals surface area contributed by atoms with E-state index in [0.717, 1.165) is 18.9 Å². The van der Waals surface area contributed by atoms with Crippen molar-refractivity contribution in [3.8, 4) is 5.75 Å². The van der Waals surface area contributed by atoms with E-state index < -0.39 is 0 Å². The lowest BCUT2D eigenvalue weighted by Gasteiger charge is -2.19. The molecule has 23 heavy (non-hydrogen) atoms. The van der Waals surface area contributed by atoms with Crippen LogP contribution < -0.4 is 10.1 Å². The van der Waals surface area contributed by atoms with Crippen molar-refractivity contribution < 1.29 is 4.74 Å². The fourth-order valence-corrected chi connectivity index (χ4v) is 3.52. The quantitative estimate of drug-likeness (QED) is 0.732. The Bertz CT molecular complexity index is 606. The van der Waals surface area contributed by atoms with Crippen molar-refractivity contribution in [1.29, 1.82) is 0 Å². The molecule has 1 N–H and O–H groups in total. The van der Waals surface area contributed by atoms with Gasteiger partial charge in [0.1, 0.15) is 5.75 Å². The van der Waals surface area contributed by atoms with Crippen LogP contribution in [0.3, 0.4) is 0 Å². The molecule has 0 bridgehead atoms. The first-order valence-corrected chi connectivity index (χ1v) is 8.75. The third kappa shape index (κ3) is 4.62. The number of ether oxygens (including phenoxy) is 1. The van der Waals surface area contributed by atoms with Crippen LogP contribution in [0.1, 0.15) is 51.0 Å². The Morgan fingerprint density at radius 2 is 1.74 bits per heavy atom. The fourth-order valence-electron chi connectivity index (χ4n) is 3.52. The molecule has 0 atom stereocenters. The molecule has 0 aliphatic heterocycles. The first-order valence-electron chi connectivity index (χ1n) is 8.75. The summed E-state index contributed by atoms with van der Waals surface area (Å²) in [5, 5.41) is 6.40. The molecule has 0 unspecified atom stereocenters. The highest BCUT2D eigenvalue weighted by Gasteiger charge is 2.14. The van der Waals surface area contributed by atoms with Crippen LogP contribution in [0, 0.1) is 0 Å². The van der Waals surface area contributed by atoms with Crippen molar-refractivity contribution in [2.45, 2.75) is 58.0 Å². The second kappa shape index (κ2) is 9.14. The van der Waals surface area contributed by atoms with Crippen molar-refractivity contribution in [1.82, 2.24) is 5.32 Å². The summed E-state index contributed by atoms with van der Waals surface area (Å²) in [5.74, 6) is 1.03. The normalized spacial score (nSPS) is 15.9. The second-order valence-corrected chi connectivity index (χ2v) is 6.27. The zero-order valence-corrected chi connectivity index (χ0v) is 14.8. The molecule has 2 nitrogen and oxygen atoms in total. The van der Waals surface area contributed by atoms with E-state index in [4.69, 9.17) is 4.74 Å². The Morgan fingerprint density at radius 3 is 2.48 bits per heavy atom. The molecular weight excluding hydrogens is 306 g/mol. The highest BCUT2D eigenvalue weighted by molar-refractivity contribution is 5.87. The average molecular weight is 334 g/mol. The van der Waals surface area contributed by atoms with Crippen LogP contribution in [0.5, 0.6) is 5.75 Å². The standard InChI is InChI=1S/C20H27NO.ClH/c1-2-22-20-14-13-16-9-7-8-12-18(16)19(20)15-21-17-10-5-3-4-6-11-17;/h7-9,12-14,17,21H,2-6,10-11,15H2,1H3;1H. The van der Waals surface area contributed by atoms with E-state index in [1.54, 1.807) is 0 Å². The first-order chi connectivity index (χ1) is 10.9.